The van der Waals surface area contributed by atoms with E-state index in [4.69, 9.17) is 25.8 Å². The summed E-state index contributed by atoms with van der Waals surface area (Å²) in [5.41, 5.74) is 1.20. The number of nitrogens with zero attached hydrogens (tertiary/aromatic N) is 2. The van der Waals surface area contributed by atoms with Crippen LogP contribution >= 0.6 is 11.6 Å². The molecule has 0 bridgehead atoms. The first-order valence-electron chi connectivity index (χ1n) is 9.92. The summed E-state index contributed by atoms with van der Waals surface area (Å²) in [7, 11) is 0. The van der Waals surface area contributed by atoms with Gasteiger partial charge in [-0.15, -0.1) is 0 Å². The molecule has 0 spiro atoms. The minimum absolute atomic E-state index is 0.446. The zero-order valence-electron chi connectivity index (χ0n) is 15.4. The molecule has 1 aromatic carbocycles. The highest BCUT2D eigenvalue weighted by atomic mass is 35.5. The van der Waals surface area contributed by atoms with Crippen molar-refractivity contribution in [1.29, 1.82) is 0 Å². The fraction of sp³-hybridized carbons (Fsp3) is 0.700. The highest BCUT2D eigenvalue weighted by Gasteiger charge is 2.22. The van der Waals surface area contributed by atoms with Crippen molar-refractivity contribution in [2.75, 3.05) is 52.5 Å². The van der Waals surface area contributed by atoms with Crippen LogP contribution in [0.3, 0.4) is 0 Å². The molecule has 0 radical (unpaired) electrons. The molecule has 3 aliphatic rings. The molecule has 1 atom stereocenters. The van der Waals surface area contributed by atoms with Gasteiger partial charge in [-0.1, -0.05) is 11.6 Å². The second kappa shape index (κ2) is 8.79. The van der Waals surface area contributed by atoms with E-state index in [0.29, 0.717) is 30.1 Å². The lowest BCUT2D eigenvalue weighted by Crippen LogP contribution is -2.35. The molecule has 3 aliphatic heterocycles. The number of hydrogen-bond acceptors (Lipinski definition) is 5. The lowest BCUT2D eigenvalue weighted by molar-refractivity contribution is 0.0742. The minimum atomic E-state index is 0.446. The molecule has 4 rings (SSSR count). The maximum absolute atomic E-state index is 6.44. The van der Waals surface area contributed by atoms with Gasteiger partial charge in [0.2, 0.25) is 0 Å². The van der Waals surface area contributed by atoms with Crippen LogP contribution in [0.5, 0.6) is 11.5 Å². The van der Waals surface area contributed by atoms with Gasteiger partial charge in [-0.25, -0.2) is 0 Å². The minimum Gasteiger partial charge on any atom is -0.489 e. The fourth-order valence-electron chi connectivity index (χ4n) is 4.08. The molecule has 1 unspecified atom stereocenters. The van der Waals surface area contributed by atoms with E-state index in [1.165, 1.54) is 24.8 Å². The van der Waals surface area contributed by atoms with E-state index in [-0.39, 0.29) is 0 Å². The molecule has 0 amide bonds. The molecule has 0 aromatic heterocycles. The lowest BCUT2D eigenvalue weighted by atomic mass is 10.2. The van der Waals surface area contributed by atoms with Gasteiger partial charge in [-0.3, -0.25) is 9.80 Å². The standard InChI is InChI=1S/C20H29ClN2O3/c21-18-12-16(13-19-20(18)26-11-3-10-25-19)14-22-5-2-6-23(8-7-22)15-17-4-1-9-24-17/h12-13,17H,1-11,14-15H2. The largest absolute Gasteiger partial charge is 0.489 e. The fourth-order valence-corrected chi connectivity index (χ4v) is 4.36. The number of ether oxygens (including phenoxy) is 3. The molecule has 3 heterocycles. The third-order valence-corrected chi connectivity index (χ3v) is 5.72. The van der Waals surface area contributed by atoms with Crippen molar-refractivity contribution in [1.82, 2.24) is 9.80 Å². The van der Waals surface area contributed by atoms with Crippen molar-refractivity contribution in [3.63, 3.8) is 0 Å². The molecule has 0 N–H and O–H groups in total. The molecule has 26 heavy (non-hydrogen) atoms. The first-order chi connectivity index (χ1) is 12.8. The van der Waals surface area contributed by atoms with Gasteiger partial charge in [0.15, 0.2) is 11.5 Å². The molecular formula is C20H29ClN2O3. The van der Waals surface area contributed by atoms with E-state index in [1.54, 1.807) is 0 Å². The van der Waals surface area contributed by atoms with Gasteiger partial charge in [0.1, 0.15) is 0 Å². The van der Waals surface area contributed by atoms with Crippen LogP contribution in [0.25, 0.3) is 0 Å². The Bertz CT molecular complexity index is 607. The average Bonchev–Trinajstić information content (AvgIpc) is 2.88. The summed E-state index contributed by atoms with van der Waals surface area (Å²) in [5, 5.41) is 0.661. The second-order valence-electron chi connectivity index (χ2n) is 7.52. The Balaban J connectivity index is 1.35. The van der Waals surface area contributed by atoms with Crippen molar-refractivity contribution >= 4 is 11.6 Å². The second-order valence-corrected chi connectivity index (χ2v) is 7.93. The van der Waals surface area contributed by atoms with Crippen LogP contribution in [0.1, 0.15) is 31.2 Å². The molecule has 2 fully saturated rings. The zero-order valence-corrected chi connectivity index (χ0v) is 16.2. The first kappa shape index (κ1) is 18.4. The maximum Gasteiger partial charge on any atom is 0.179 e. The smallest absolute Gasteiger partial charge is 0.179 e. The van der Waals surface area contributed by atoms with Gasteiger partial charge in [-0.2, -0.15) is 0 Å². The Morgan fingerprint density at radius 3 is 2.65 bits per heavy atom. The molecule has 0 aliphatic carbocycles. The van der Waals surface area contributed by atoms with E-state index >= 15 is 0 Å². The Morgan fingerprint density at radius 1 is 0.923 bits per heavy atom. The molecule has 6 heteroatoms. The van der Waals surface area contributed by atoms with Crippen LogP contribution in [0.2, 0.25) is 5.02 Å². The van der Waals surface area contributed by atoms with Crippen LogP contribution in [0.4, 0.5) is 0 Å². The van der Waals surface area contributed by atoms with Crippen LogP contribution < -0.4 is 9.47 Å². The Hall–Kier alpha value is -1.01. The molecule has 144 valence electrons. The van der Waals surface area contributed by atoms with Gasteiger partial charge in [0.05, 0.1) is 24.3 Å². The van der Waals surface area contributed by atoms with E-state index < -0.39 is 0 Å². The predicted octanol–water partition coefficient (Wildman–Crippen LogP) is 3.19. The van der Waals surface area contributed by atoms with E-state index in [9.17, 15) is 0 Å². The van der Waals surface area contributed by atoms with Crippen molar-refractivity contribution in [3.8, 4) is 11.5 Å². The summed E-state index contributed by atoms with van der Waals surface area (Å²) in [6.07, 6.45) is 4.98. The van der Waals surface area contributed by atoms with Crippen molar-refractivity contribution < 1.29 is 14.2 Å². The SMILES string of the molecule is Clc1cc(CN2CCCN(CC3CCCO3)CC2)cc2c1OCCCO2. The van der Waals surface area contributed by atoms with E-state index in [2.05, 4.69) is 15.9 Å². The zero-order chi connectivity index (χ0) is 17.8. The third-order valence-electron chi connectivity index (χ3n) is 5.44. The number of rotatable bonds is 4. The van der Waals surface area contributed by atoms with Crippen LogP contribution in [0, 0.1) is 0 Å². The van der Waals surface area contributed by atoms with E-state index in [1.807, 2.05) is 6.07 Å². The van der Waals surface area contributed by atoms with E-state index in [0.717, 1.165) is 58.0 Å². The summed E-state index contributed by atoms with van der Waals surface area (Å²) in [6, 6.07) is 4.13. The normalized spacial score (nSPS) is 25.0. The van der Waals surface area contributed by atoms with Gasteiger partial charge in [-0.05, 0) is 50.0 Å². The van der Waals surface area contributed by atoms with Gasteiger partial charge in [0.25, 0.3) is 0 Å². The summed E-state index contributed by atoms with van der Waals surface area (Å²) >= 11 is 6.44. The quantitative estimate of drug-likeness (QED) is 0.801. The molecule has 0 saturated carbocycles. The highest BCUT2D eigenvalue weighted by molar-refractivity contribution is 6.32. The summed E-state index contributed by atoms with van der Waals surface area (Å²) in [6.45, 7) is 8.76. The Labute approximate surface area is 161 Å². The summed E-state index contributed by atoms with van der Waals surface area (Å²) < 4.78 is 17.4. The number of fused-ring (bicyclic) bond motifs is 1. The number of benzene rings is 1. The van der Waals surface area contributed by atoms with Gasteiger partial charge < -0.3 is 14.2 Å². The molecular weight excluding hydrogens is 352 g/mol. The number of halogens is 1. The topological polar surface area (TPSA) is 34.2 Å². The third kappa shape index (κ3) is 4.63. The average molecular weight is 381 g/mol. The summed E-state index contributed by atoms with van der Waals surface area (Å²) in [5.74, 6) is 1.49. The van der Waals surface area contributed by atoms with Crippen molar-refractivity contribution in [3.05, 3.63) is 22.7 Å². The maximum atomic E-state index is 6.44. The Kier molecular flexibility index (Phi) is 6.20. The van der Waals surface area contributed by atoms with Crippen LogP contribution in [0.15, 0.2) is 12.1 Å². The van der Waals surface area contributed by atoms with Gasteiger partial charge in [0, 0.05) is 39.2 Å². The van der Waals surface area contributed by atoms with Crippen LogP contribution in [-0.2, 0) is 11.3 Å². The number of hydrogen-bond donors (Lipinski definition) is 0. The molecule has 5 nitrogen and oxygen atoms in total. The lowest BCUT2D eigenvalue weighted by Gasteiger charge is -2.24. The van der Waals surface area contributed by atoms with Crippen molar-refractivity contribution in [2.24, 2.45) is 0 Å². The summed E-state index contributed by atoms with van der Waals surface area (Å²) in [4.78, 5) is 5.09. The van der Waals surface area contributed by atoms with Crippen molar-refractivity contribution in [2.45, 2.75) is 38.3 Å². The first-order valence-corrected chi connectivity index (χ1v) is 10.3. The molecule has 2 saturated heterocycles. The predicted molar refractivity (Wildman–Crippen MR) is 102 cm³/mol. The highest BCUT2D eigenvalue weighted by Crippen LogP contribution is 2.38. The van der Waals surface area contributed by atoms with Gasteiger partial charge >= 0.3 is 0 Å². The Morgan fingerprint density at radius 2 is 1.77 bits per heavy atom. The monoisotopic (exact) mass is 380 g/mol. The van der Waals surface area contributed by atoms with Crippen LogP contribution in [-0.4, -0.2) is 68.4 Å². The molecule has 1 aromatic rings.